The minimum atomic E-state index is -0.118. The van der Waals surface area contributed by atoms with Crippen molar-refractivity contribution in [3.8, 4) is 5.75 Å². The summed E-state index contributed by atoms with van der Waals surface area (Å²) in [6, 6.07) is 7.54. The van der Waals surface area contributed by atoms with E-state index in [-0.39, 0.29) is 12.1 Å². The maximum Gasteiger partial charge on any atom is 0.317 e. The lowest BCUT2D eigenvalue weighted by atomic mass is 10.2. The number of methoxy groups -OCH3 is 2. The number of ether oxygens (including phenoxy) is 2. The van der Waals surface area contributed by atoms with Crippen molar-refractivity contribution in [3.63, 3.8) is 0 Å². The Hall–Kier alpha value is -1.75. The molecule has 1 aromatic carbocycles. The van der Waals surface area contributed by atoms with Gasteiger partial charge in [0.05, 0.1) is 19.8 Å². The second-order valence-electron chi connectivity index (χ2n) is 4.51. The van der Waals surface area contributed by atoms with Crippen LogP contribution in [0.2, 0.25) is 0 Å². The molecule has 1 unspecified atom stereocenters. The number of rotatable bonds is 6. The second-order valence-corrected chi connectivity index (χ2v) is 4.51. The van der Waals surface area contributed by atoms with Gasteiger partial charge in [0.2, 0.25) is 0 Å². The molecule has 19 heavy (non-hydrogen) atoms. The Morgan fingerprint density at radius 3 is 2.79 bits per heavy atom. The third-order valence-electron chi connectivity index (χ3n) is 2.69. The first-order valence-corrected chi connectivity index (χ1v) is 6.20. The molecule has 1 N–H and O–H groups in total. The number of hydrogen-bond donors (Lipinski definition) is 1. The number of amides is 2. The molecule has 5 nitrogen and oxygen atoms in total. The molecule has 5 heteroatoms. The van der Waals surface area contributed by atoms with Gasteiger partial charge in [0, 0.05) is 20.7 Å². The van der Waals surface area contributed by atoms with Crippen molar-refractivity contribution in [1.29, 1.82) is 0 Å². The summed E-state index contributed by atoms with van der Waals surface area (Å²) in [6.45, 7) is 2.93. The van der Waals surface area contributed by atoms with E-state index in [1.807, 2.05) is 31.2 Å². The van der Waals surface area contributed by atoms with Crippen molar-refractivity contribution in [2.75, 3.05) is 27.9 Å². The summed E-state index contributed by atoms with van der Waals surface area (Å²) in [6.07, 6.45) is 0. The molecule has 0 radical (unpaired) electrons. The van der Waals surface area contributed by atoms with E-state index in [0.29, 0.717) is 13.2 Å². The smallest absolute Gasteiger partial charge is 0.317 e. The topological polar surface area (TPSA) is 50.8 Å². The summed E-state index contributed by atoms with van der Waals surface area (Å²) in [5.41, 5.74) is 1.02. The highest BCUT2D eigenvalue weighted by Gasteiger charge is 2.12. The molecule has 0 aliphatic heterocycles. The SMILES string of the molecule is COCC(C)NC(=O)N(C)Cc1cccc(OC)c1. The Bertz CT molecular complexity index is 409. The maximum absolute atomic E-state index is 11.9. The van der Waals surface area contributed by atoms with E-state index >= 15 is 0 Å². The van der Waals surface area contributed by atoms with Gasteiger partial charge in [0.1, 0.15) is 5.75 Å². The molecule has 1 aromatic rings. The van der Waals surface area contributed by atoms with Crippen LogP contribution in [0.5, 0.6) is 5.75 Å². The number of nitrogens with zero attached hydrogens (tertiary/aromatic N) is 1. The monoisotopic (exact) mass is 266 g/mol. The molecule has 0 saturated heterocycles. The molecule has 0 aliphatic carbocycles. The molecular weight excluding hydrogens is 244 g/mol. The Morgan fingerprint density at radius 1 is 1.42 bits per heavy atom. The van der Waals surface area contributed by atoms with Crippen LogP contribution >= 0.6 is 0 Å². The minimum Gasteiger partial charge on any atom is -0.497 e. The first-order chi connectivity index (χ1) is 9.06. The molecular formula is C14H22N2O3. The Balaban J connectivity index is 2.53. The molecule has 0 aromatic heterocycles. The van der Waals surface area contributed by atoms with Gasteiger partial charge in [-0.25, -0.2) is 4.79 Å². The molecule has 0 spiro atoms. The van der Waals surface area contributed by atoms with Crippen molar-refractivity contribution in [1.82, 2.24) is 10.2 Å². The van der Waals surface area contributed by atoms with Gasteiger partial charge in [-0.2, -0.15) is 0 Å². The van der Waals surface area contributed by atoms with Crippen molar-refractivity contribution < 1.29 is 14.3 Å². The number of carbonyl (C=O) groups excluding carboxylic acids is 1. The van der Waals surface area contributed by atoms with Crippen LogP contribution < -0.4 is 10.1 Å². The molecule has 0 fully saturated rings. The fourth-order valence-corrected chi connectivity index (χ4v) is 1.73. The number of hydrogen-bond acceptors (Lipinski definition) is 3. The molecule has 1 rings (SSSR count). The third kappa shape index (κ3) is 5.18. The number of nitrogens with one attached hydrogen (secondary N) is 1. The zero-order valence-corrected chi connectivity index (χ0v) is 12.0. The first kappa shape index (κ1) is 15.3. The van der Waals surface area contributed by atoms with Crippen LogP contribution in [-0.4, -0.2) is 44.8 Å². The Kier molecular flexibility index (Phi) is 6.15. The summed E-state index contributed by atoms with van der Waals surface area (Å²) >= 11 is 0. The van der Waals surface area contributed by atoms with E-state index in [4.69, 9.17) is 9.47 Å². The van der Waals surface area contributed by atoms with Gasteiger partial charge in [0.25, 0.3) is 0 Å². The first-order valence-electron chi connectivity index (χ1n) is 6.20. The van der Waals surface area contributed by atoms with Crippen molar-refractivity contribution in [2.24, 2.45) is 0 Å². The fourth-order valence-electron chi connectivity index (χ4n) is 1.73. The summed E-state index contributed by atoms with van der Waals surface area (Å²) in [4.78, 5) is 13.5. The van der Waals surface area contributed by atoms with Crippen LogP contribution in [0.4, 0.5) is 4.79 Å². The highest BCUT2D eigenvalue weighted by atomic mass is 16.5. The fraction of sp³-hybridized carbons (Fsp3) is 0.500. The van der Waals surface area contributed by atoms with Gasteiger partial charge >= 0.3 is 6.03 Å². The van der Waals surface area contributed by atoms with Crippen molar-refractivity contribution in [3.05, 3.63) is 29.8 Å². The van der Waals surface area contributed by atoms with Gasteiger partial charge in [-0.05, 0) is 24.6 Å². The average Bonchev–Trinajstić information content (AvgIpc) is 2.39. The van der Waals surface area contributed by atoms with Gasteiger partial charge in [-0.3, -0.25) is 0 Å². The van der Waals surface area contributed by atoms with Gasteiger partial charge in [-0.1, -0.05) is 12.1 Å². The van der Waals surface area contributed by atoms with Gasteiger partial charge in [-0.15, -0.1) is 0 Å². The van der Waals surface area contributed by atoms with Crippen molar-refractivity contribution >= 4 is 6.03 Å². The average molecular weight is 266 g/mol. The largest absolute Gasteiger partial charge is 0.497 e. The van der Waals surface area contributed by atoms with Crippen LogP contribution in [0.15, 0.2) is 24.3 Å². The normalized spacial score (nSPS) is 11.8. The predicted molar refractivity (Wildman–Crippen MR) is 74.3 cm³/mol. The van der Waals surface area contributed by atoms with Crippen LogP contribution in [0.1, 0.15) is 12.5 Å². The molecule has 0 heterocycles. The molecule has 0 saturated carbocycles. The van der Waals surface area contributed by atoms with Crippen LogP contribution in [0.25, 0.3) is 0 Å². The predicted octanol–water partition coefficient (Wildman–Crippen LogP) is 1.87. The van der Waals surface area contributed by atoms with Crippen LogP contribution in [-0.2, 0) is 11.3 Å². The summed E-state index contributed by atoms with van der Waals surface area (Å²) < 4.78 is 10.1. The Labute approximate surface area is 114 Å². The zero-order chi connectivity index (χ0) is 14.3. The second kappa shape index (κ2) is 7.63. The van der Waals surface area contributed by atoms with E-state index in [2.05, 4.69) is 5.32 Å². The lowest BCUT2D eigenvalue weighted by molar-refractivity contribution is 0.162. The summed E-state index contributed by atoms with van der Waals surface area (Å²) in [5.74, 6) is 0.791. The van der Waals surface area contributed by atoms with Gasteiger partial charge in [0.15, 0.2) is 0 Å². The van der Waals surface area contributed by atoms with E-state index in [1.54, 1.807) is 26.2 Å². The maximum atomic E-state index is 11.9. The Morgan fingerprint density at radius 2 is 2.16 bits per heavy atom. The third-order valence-corrected chi connectivity index (χ3v) is 2.69. The summed E-state index contributed by atoms with van der Waals surface area (Å²) in [5, 5.41) is 2.86. The van der Waals surface area contributed by atoms with E-state index < -0.39 is 0 Å². The van der Waals surface area contributed by atoms with E-state index in [9.17, 15) is 4.79 Å². The van der Waals surface area contributed by atoms with Gasteiger partial charge < -0.3 is 19.7 Å². The highest BCUT2D eigenvalue weighted by molar-refractivity contribution is 5.74. The van der Waals surface area contributed by atoms with Crippen LogP contribution in [0, 0.1) is 0 Å². The number of carbonyl (C=O) groups is 1. The minimum absolute atomic E-state index is 0.00902. The standard InChI is InChI=1S/C14H22N2O3/c1-11(10-18-3)15-14(17)16(2)9-12-6-5-7-13(8-12)19-4/h5-8,11H,9-10H2,1-4H3,(H,15,17). The molecule has 106 valence electrons. The molecule has 0 aliphatic rings. The number of benzene rings is 1. The molecule has 2 amide bonds. The number of urea groups is 1. The van der Waals surface area contributed by atoms with E-state index in [1.165, 1.54) is 0 Å². The molecule has 0 bridgehead atoms. The zero-order valence-electron chi connectivity index (χ0n) is 12.0. The van der Waals surface area contributed by atoms with Crippen molar-refractivity contribution in [2.45, 2.75) is 19.5 Å². The quantitative estimate of drug-likeness (QED) is 0.855. The summed E-state index contributed by atoms with van der Waals surface area (Å²) in [7, 11) is 5.00. The molecule has 1 atom stereocenters. The van der Waals surface area contributed by atoms with Crippen LogP contribution in [0.3, 0.4) is 0 Å². The highest BCUT2D eigenvalue weighted by Crippen LogP contribution is 2.13. The van der Waals surface area contributed by atoms with E-state index in [0.717, 1.165) is 11.3 Å². The lowest BCUT2D eigenvalue weighted by Gasteiger charge is -2.21. The lowest BCUT2D eigenvalue weighted by Crippen LogP contribution is -2.43.